The van der Waals surface area contributed by atoms with Gasteiger partial charge in [-0.3, -0.25) is 9.59 Å². The summed E-state index contributed by atoms with van der Waals surface area (Å²) in [6.07, 6.45) is 2.20. The molecule has 0 aromatic heterocycles. The summed E-state index contributed by atoms with van der Waals surface area (Å²) in [4.78, 5) is 23.8. The van der Waals surface area contributed by atoms with Crippen LogP contribution in [-0.2, 0) is 16.0 Å². The van der Waals surface area contributed by atoms with Crippen LogP contribution in [0.3, 0.4) is 0 Å². The highest BCUT2D eigenvalue weighted by Gasteiger charge is 2.29. The van der Waals surface area contributed by atoms with Crippen LogP contribution < -0.4 is 15.5 Å². The Hall–Kier alpha value is -3.15. The van der Waals surface area contributed by atoms with Crippen LogP contribution in [0.4, 0.5) is 5.69 Å². The summed E-state index contributed by atoms with van der Waals surface area (Å²) in [6, 6.07) is 14.8. The molecule has 2 amide bonds. The third-order valence-electron chi connectivity index (χ3n) is 4.39. The minimum atomic E-state index is -0.187. The fraction of sp³-hybridized carbons (Fsp3) is 0.286. The molecule has 140 valence electrons. The van der Waals surface area contributed by atoms with Crippen molar-refractivity contribution in [3.8, 4) is 5.75 Å². The van der Waals surface area contributed by atoms with Crippen molar-refractivity contribution < 1.29 is 14.3 Å². The molecule has 6 nitrogen and oxygen atoms in total. The van der Waals surface area contributed by atoms with Gasteiger partial charge in [-0.05, 0) is 55.2 Å². The van der Waals surface area contributed by atoms with Crippen molar-refractivity contribution in [2.24, 2.45) is 11.0 Å². The standard InChI is InChI=1S/C21H23N3O3/c1-14(16-7-9-18(10-8-16)22-21(26)17-5-6-17)23-24-20(25)13-15-3-11-19(27-2)12-4-15/h3-4,7-12,17H,5-6,13H2,1-2H3,(H,22,26)(H,24,25). The van der Waals surface area contributed by atoms with E-state index in [9.17, 15) is 9.59 Å². The average molecular weight is 365 g/mol. The summed E-state index contributed by atoms with van der Waals surface area (Å²) in [5.41, 5.74) is 5.80. The van der Waals surface area contributed by atoms with E-state index in [1.54, 1.807) is 7.11 Å². The molecule has 1 fully saturated rings. The minimum absolute atomic E-state index is 0.0823. The van der Waals surface area contributed by atoms with E-state index in [-0.39, 0.29) is 24.2 Å². The lowest BCUT2D eigenvalue weighted by molar-refractivity contribution is -0.120. The number of carbonyl (C=O) groups is 2. The van der Waals surface area contributed by atoms with Crippen molar-refractivity contribution in [1.29, 1.82) is 0 Å². The molecule has 2 aromatic carbocycles. The molecule has 0 bridgehead atoms. The van der Waals surface area contributed by atoms with Gasteiger partial charge in [0.25, 0.3) is 0 Å². The largest absolute Gasteiger partial charge is 0.497 e. The SMILES string of the molecule is COc1ccc(CC(=O)NN=C(C)c2ccc(NC(=O)C3CC3)cc2)cc1. The molecule has 0 spiro atoms. The van der Waals surface area contributed by atoms with Gasteiger partial charge in [0.1, 0.15) is 5.75 Å². The first-order chi connectivity index (χ1) is 13.0. The predicted molar refractivity (Wildman–Crippen MR) is 105 cm³/mol. The Morgan fingerprint density at radius 3 is 2.33 bits per heavy atom. The number of anilines is 1. The number of carbonyl (C=O) groups excluding carboxylic acids is 2. The molecule has 0 aliphatic heterocycles. The lowest BCUT2D eigenvalue weighted by atomic mass is 10.1. The Morgan fingerprint density at radius 1 is 1.07 bits per heavy atom. The fourth-order valence-electron chi connectivity index (χ4n) is 2.56. The van der Waals surface area contributed by atoms with Gasteiger partial charge in [-0.1, -0.05) is 24.3 Å². The molecule has 2 N–H and O–H groups in total. The van der Waals surface area contributed by atoms with Gasteiger partial charge in [0, 0.05) is 11.6 Å². The van der Waals surface area contributed by atoms with Gasteiger partial charge in [0.05, 0.1) is 19.2 Å². The first kappa shape index (κ1) is 18.6. The van der Waals surface area contributed by atoms with Gasteiger partial charge in [-0.15, -0.1) is 0 Å². The van der Waals surface area contributed by atoms with E-state index in [0.29, 0.717) is 5.71 Å². The van der Waals surface area contributed by atoms with Crippen LogP contribution >= 0.6 is 0 Å². The zero-order valence-electron chi connectivity index (χ0n) is 15.5. The fourth-order valence-corrected chi connectivity index (χ4v) is 2.56. The maximum atomic E-state index is 12.1. The van der Waals surface area contributed by atoms with Crippen LogP contribution in [-0.4, -0.2) is 24.6 Å². The molecule has 2 aromatic rings. The van der Waals surface area contributed by atoms with E-state index < -0.39 is 0 Å². The quantitative estimate of drug-likeness (QED) is 0.584. The van der Waals surface area contributed by atoms with Crippen LogP contribution in [0.15, 0.2) is 53.6 Å². The molecule has 0 atom stereocenters. The summed E-state index contributed by atoms with van der Waals surface area (Å²) in [5.74, 6) is 0.824. The second-order valence-corrected chi connectivity index (χ2v) is 6.60. The molecule has 0 saturated heterocycles. The zero-order valence-corrected chi connectivity index (χ0v) is 15.5. The monoisotopic (exact) mass is 365 g/mol. The predicted octanol–water partition coefficient (Wildman–Crippen LogP) is 3.13. The van der Waals surface area contributed by atoms with Crippen molar-refractivity contribution in [2.45, 2.75) is 26.2 Å². The molecule has 27 heavy (non-hydrogen) atoms. The highest BCUT2D eigenvalue weighted by atomic mass is 16.5. The van der Waals surface area contributed by atoms with E-state index in [2.05, 4.69) is 15.8 Å². The van der Waals surface area contributed by atoms with Crippen molar-refractivity contribution in [3.05, 3.63) is 59.7 Å². The summed E-state index contributed by atoms with van der Waals surface area (Å²) < 4.78 is 5.10. The molecule has 6 heteroatoms. The maximum Gasteiger partial charge on any atom is 0.244 e. The first-order valence-corrected chi connectivity index (χ1v) is 8.92. The summed E-state index contributed by atoms with van der Waals surface area (Å²) in [6.45, 7) is 1.82. The van der Waals surface area contributed by atoms with Crippen LogP contribution in [0.25, 0.3) is 0 Å². The number of rotatable bonds is 7. The lowest BCUT2D eigenvalue weighted by Gasteiger charge is -2.07. The Labute approximate surface area is 158 Å². The van der Waals surface area contributed by atoms with Crippen LogP contribution in [0.2, 0.25) is 0 Å². The Morgan fingerprint density at radius 2 is 1.74 bits per heavy atom. The van der Waals surface area contributed by atoms with Crippen molar-refractivity contribution in [1.82, 2.24) is 5.43 Å². The normalized spacial score (nSPS) is 13.8. The van der Waals surface area contributed by atoms with E-state index in [4.69, 9.17) is 4.74 Å². The molecule has 1 saturated carbocycles. The lowest BCUT2D eigenvalue weighted by Crippen LogP contribution is -2.21. The molecule has 0 radical (unpaired) electrons. The van der Waals surface area contributed by atoms with E-state index in [1.807, 2.05) is 55.5 Å². The molecular weight excluding hydrogens is 342 g/mol. The molecular formula is C21H23N3O3. The number of hydrazone groups is 1. The maximum absolute atomic E-state index is 12.1. The van der Waals surface area contributed by atoms with Gasteiger partial charge in [-0.2, -0.15) is 5.10 Å². The number of amides is 2. The summed E-state index contributed by atoms with van der Waals surface area (Å²) in [5, 5.41) is 7.06. The highest BCUT2D eigenvalue weighted by Crippen LogP contribution is 2.30. The van der Waals surface area contributed by atoms with Crippen LogP contribution in [0, 0.1) is 5.92 Å². The third kappa shape index (κ3) is 5.41. The number of nitrogens with zero attached hydrogens (tertiary/aromatic N) is 1. The zero-order chi connectivity index (χ0) is 19.2. The van der Waals surface area contributed by atoms with Gasteiger partial charge in [-0.25, -0.2) is 5.43 Å². The molecule has 1 aliphatic carbocycles. The molecule has 3 rings (SSSR count). The number of ether oxygens (including phenoxy) is 1. The average Bonchev–Trinajstić information content (AvgIpc) is 3.53. The van der Waals surface area contributed by atoms with E-state index in [1.165, 1.54) is 0 Å². The van der Waals surface area contributed by atoms with Crippen molar-refractivity contribution >= 4 is 23.2 Å². The number of methoxy groups -OCH3 is 1. The minimum Gasteiger partial charge on any atom is -0.497 e. The van der Waals surface area contributed by atoms with Crippen LogP contribution in [0.5, 0.6) is 5.75 Å². The van der Waals surface area contributed by atoms with E-state index in [0.717, 1.165) is 35.4 Å². The Balaban J connectivity index is 1.52. The Bertz CT molecular complexity index is 838. The second-order valence-electron chi connectivity index (χ2n) is 6.60. The van der Waals surface area contributed by atoms with Gasteiger partial charge in [0.2, 0.25) is 11.8 Å². The third-order valence-corrected chi connectivity index (χ3v) is 4.39. The smallest absolute Gasteiger partial charge is 0.244 e. The highest BCUT2D eigenvalue weighted by molar-refractivity contribution is 6.00. The first-order valence-electron chi connectivity index (χ1n) is 8.92. The number of hydrogen-bond acceptors (Lipinski definition) is 4. The number of nitrogens with one attached hydrogen (secondary N) is 2. The van der Waals surface area contributed by atoms with Crippen molar-refractivity contribution in [2.75, 3.05) is 12.4 Å². The number of hydrogen-bond donors (Lipinski definition) is 2. The van der Waals surface area contributed by atoms with Crippen molar-refractivity contribution in [3.63, 3.8) is 0 Å². The molecule has 0 unspecified atom stereocenters. The van der Waals surface area contributed by atoms with Crippen LogP contribution in [0.1, 0.15) is 30.9 Å². The molecule has 0 heterocycles. The summed E-state index contributed by atoms with van der Waals surface area (Å²) in [7, 11) is 1.60. The van der Waals surface area contributed by atoms with Gasteiger partial charge in [0.15, 0.2) is 0 Å². The van der Waals surface area contributed by atoms with Gasteiger partial charge < -0.3 is 10.1 Å². The Kier molecular flexibility index (Phi) is 5.86. The topological polar surface area (TPSA) is 79.8 Å². The van der Waals surface area contributed by atoms with E-state index >= 15 is 0 Å². The number of benzene rings is 2. The second kappa shape index (κ2) is 8.49. The summed E-state index contributed by atoms with van der Waals surface area (Å²) >= 11 is 0. The van der Waals surface area contributed by atoms with Gasteiger partial charge >= 0.3 is 0 Å². The molecule has 1 aliphatic rings.